The van der Waals surface area contributed by atoms with Crippen LogP contribution < -0.4 is 5.32 Å². The number of para-hydroxylation sites is 2. The Bertz CT molecular complexity index is 633. The van der Waals surface area contributed by atoms with E-state index in [2.05, 4.69) is 59.9 Å². The first-order valence-corrected chi connectivity index (χ1v) is 9.05. The Morgan fingerprint density at radius 1 is 1.30 bits per heavy atom. The van der Waals surface area contributed by atoms with Crippen molar-refractivity contribution in [2.24, 2.45) is 13.0 Å². The van der Waals surface area contributed by atoms with Gasteiger partial charge < -0.3 is 14.8 Å². The van der Waals surface area contributed by atoms with Crippen molar-refractivity contribution in [3.63, 3.8) is 0 Å². The van der Waals surface area contributed by atoms with Crippen molar-refractivity contribution in [3.8, 4) is 0 Å². The van der Waals surface area contributed by atoms with Crippen LogP contribution in [0.5, 0.6) is 0 Å². The molecule has 126 valence electrons. The number of imidazole rings is 1. The van der Waals surface area contributed by atoms with Gasteiger partial charge in [0.2, 0.25) is 0 Å². The second-order valence-electron chi connectivity index (χ2n) is 6.90. The number of fused-ring (bicyclic) bond motifs is 1. The number of rotatable bonds is 6. The van der Waals surface area contributed by atoms with Crippen LogP contribution in [-0.4, -0.2) is 46.7 Å². The lowest BCUT2D eigenvalue weighted by Crippen LogP contribution is -2.48. The number of likely N-dealkylation sites (tertiary alicyclic amines) is 1. The Kier molecular flexibility index (Phi) is 5.34. The van der Waals surface area contributed by atoms with E-state index in [1.54, 1.807) is 0 Å². The molecule has 0 saturated carbocycles. The molecule has 1 fully saturated rings. The lowest BCUT2D eigenvalue weighted by Gasteiger charge is -2.36. The highest BCUT2D eigenvalue weighted by molar-refractivity contribution is 5.75. The second-order valence-corrected chi connectivity index (χ2v) is 6.90. The summed E-state index contributed by atoms with van der Waals surface area (Å²) in [4.78, 5) is 7.32. The lowest BCUT2D eigenvalue weighted by atomic mass is 9.94. The van der Waals surface area contributed by atoms with Crippen LogP contribution in [0.1, 0.15) is 32.5 Å². The number of hydrogen-bond acceptors (Lipinski definition) is 3. The van der Waals surface area contributed by atoms with Gasteiger partial charge in [-0.1, -0.05) is 26.0 Å². The largest absolute Gasteiger partial charge is 0.331 e. The van der Waals surface area contributed by atoms with Crippen molar-refractivity contribution >= 4 is 11.0 Å². The molecule has 1 saturated heterocycles. The molecule has 0 amide bonds. The molecule has 1 aliphatic rings. The van der Waals surface area contributed by atoms with E-state index in [9.17, 15) is 0 Å². The summed E-state index contributed by atoms with van der Waals surface area (Å²) in [5.41, 5.74) is 2.34. The summed E-state index contributed by atoms with van der Waals surface area (Å²) >= 11 is 0. The Balaban J connectivity index is 1.47. The molecular weight excluding hydrogens is 284 g/mol. The molecule has 1 aromatic heterocycles. The molecule has 1 aliphatic heterocycles. The van der Waals surface area contributed by atoms with E-state index in [1.807, 2.05) is 0 Å². The molecule has 4 heteroatoms. The summed E-state index contributed by atoms with van der Waals surface area (Å²) in [5.74, 6) is 1.95. The molecule has 0 spiro atoms. The van der Waals surface area contributed by atoms with E-state index in [4.69, 9.17) is 4.98 Å². The first-order valence-electron chi connectivity index (χ1n) is 9.05. The number of piperidine rings is 1. The highest BCUT2D eigenvalue weighted by Gasteiger charge is 2.24. The van der Waals surface area contributed by atoms with Gasteiger partial charge in [0.05, 0.1) is 11.0 Å². The summed E-state index contributed by atoms with van der Waals surface area (Å²) in [6.45, 7) is 9.39. The summed E-state index contributed by atoms with van der Waals surface area (Å²) in [7, 11) is 2.13. The zero-order valence-electron chi connectivity index (χ0n) is 14.8. The minimum atomic E-state index is 0.679. The number of aryl methyl sites for hydroxylation is 2. The Morgan fingerprint density at radius 2 is 2.13 bits per heavy atom. The van der Waals surface area contributed by atoms with Gasteiger partial charge in [0.15, 0.2) is 0 Å². The molecule has 2 atom stereocenters. The third kappa shape index (κ3) is 3.75. The van der Waals surface area contributed by atoms with Gasteiger partial charge in [-0.25, -0.2) is 4.98 Å². The molecule has 23 heavy (non-hydrogen) atoms. The van der Waals surface area contributed by atoms with E-state index in [0.29, 0.717) is 6.04 Å². The number of hydrogen-bond donors (Lipinski definition) is 1. The van der Waals surface area contributed by atoms with E-state index in [-0.39, 0.29) is 0 Å². The van der Waals surface area contributed by atoms with Crippen molar-refractivity contribution in [1.82, 2.24) is 19.8 Å². The average molecular weight is 314 g/mol. The van der Waals surface area contributed by atoms with Crippen LogP contribution in [0.2, 0.25) is 0 Å². The maximum atomic E-state index is 4.76. The van der Waals surface area contributed by atoms with Crippen molar-refractivity contribution < 1.29 is 0 Å². The molecule has 2 heterocycles. The minimum Gasteiger partial charge on any atom is -0.331 e. The lowest BCUT2D eigenvalue weighted by molar-refractivity contribution is 0.153. The van der Waals surface area contributed by atoms with Gasteiger partial charge in [-0.05, 0) is 50.5 Å². The van der Waals surface area contributed by atoms with Gasteiger partial charge in [0, 0.05) is 26.1 Å². The molecule has 0 unspecified atom stereocenters. The second kappa shape index (κ2) is 7.45. The predicted octanol–water partition coefficient (Wildman–Crippen LogP) is 2.83. The Labute approximate surface area is 139 Å². The van der Waals surface area contributed by atoms with Crippen LogP contribution in [0, 0.1) is 5.92 Å². The van der Waals surface area contributed by atoms with Crippen molar-refractivity contribution in [1.29, 1.82) is 0 Å². The van der Waals surface area contributed by atoms with Gasteiger partial charge in [0.25, 0.3) is 0 Å². The molecule has 0 bridgehead atoms. The number of benzene rings is 1. The van der Waals surface area contributed by atoms with Crippen LogP contribution in [0.4, 0.5) is 0 Å². The van der Waals surface area contributed by atoms with Gasteiger partial charge in [-0.15, -0.1) is 0 Å². The van der Waals surface area contributed by atoms with Crippen LogP contribution in [0.15, 0.2) is 24.3 Å². The maximum absolute atomic E-state index is 4.76. The Morgan fingerprint density at radius 3 is 2.87 bits per heavy atom. The molecule has 4 nitrogen and oxygen atoms in total. The van der Waals surface area contributed by atoms with E-state index >= 15 is 0 Å². The molecule has 2 aromatic rings. The first-order chi connectivity index (χ1) is 11.2. The zero-order valence-corrected chi connectivity index (χ0v) is 14.8. The standard InChI is InChI=1S/C19H30N4/c1-4-23-13-11-16(15(2)14-23)20-12-7-10-19-21-17-8-5-6-9-18(17)22(19)3/h5-6,8-9,15-16,20H,4,7,10-14H2,1-3H3/t15-,16+/m1/s1. The van der Waals surface area contributed by atoms with Crippen molar-refractivity contribution in [2.75, 3.05) is 26.2 Å². The van der Waals surface area contributed by atoms with E-state index < -0.39 is 0 Å². The third-order valence-corrected chi connectivity index (χ3v) is 5.30. The summed E-state index contributed by atoms with van der Waals surface area (Å²) in [5, 5.41) is 3.78. The smallest absolute Gasteiger partial charge is 0.109 e. The van der Waals surface area contributed by atoms with E-state index in [0.717, 1.165) is 30.8 Å². The first kappa shape index (κ1) is 16.5. The summed E-state index contributed by atoms with van der Waals surface area (Å²) in [6, 6.07) is 9.07. The van der Waals surface area contributed by atoms with Gasteiger partial charge in [-0.2, -0.15) is 0 Å². The summed E-state index contributed by atoms with van der Waals surface area (Å²) < 4.78 is 2.23. The average Bonchev–Trinajstić information content (AvgIpc) is 2.89. The fourth-order valence-electron chi connectivity index (χ4n) is 3.78. The fourth-order valence-corrected chi connectivity index (χ4v) is 3.78. The molecule has 1 N–H and O–H groups in total. The highest BCUT2D eigenvalue weighted by Crippen LogP contribution is 2.17. The van der Waals surface area contributed by atoms with Crippen LogP contribution in [-0.2, 0) is 13.5 Å². The van der Waals surface area contributed by atoms with Crippen LogP contribution in [0.3, 0.4) is 0 Å². The number of nitrogens with one attached hydrogen (secondary N) is 1. The monoisotopic (exact) mass is 314 g/mol. The highest BCUT2D eigenvalue weighted by atomic mass is 15.1. The molecule has 3 rings (SSSR count). The normalized spacial score (nSPS) is 22.7. The van der Waals surface area contributed by atoms with Gasteiger partial charge >= 0.3 is 0 Å². The number of aromatic nitrogens is 2. The fraction of sp³-hybridized carbons (Fsp3) is 0.632. The molecular formula is C19H30N4. The van der Waals surface area contributed by atoms with Gasteiger partial charge in [0.1, 0.15) is 5.82 Å². The van der Waals surface area contributed by atoms with Gasteiger partial charge in [-0.3, -0.25) is 0 Å². The molecule has 0 aliphatic carbocycles. The molecule has 1 aromatic carbocycles. The summed E-state index contributed by atoms with van der Waals surface area (Å²) in [6.07, 6.45) is 3.47. The SMILES string of the molecule is CCN1CC[C@H](NCCCc2nc3ccccc3n2C)[C@H](C)C1. The minimum absolute atomic E-state index is 0.679. The predicted molar refractivity (Wildman–Crippen MR) is 96.7 cm³/mol. The van der Waals surface area contributed by atoms with Crippen LogP contribution in [0.25, 0.3) is 11.0 Å². The zero-order chi connectivity index (χ0) is 16.2. The van der Waals surface area contributed by atoms with Crippen molar-refractivity contribution in [3.05, 3.63) is 30.1 Å². The van der Waals surface area contributed by atoms with Crippen molar-refractivity contribution in [2.45, 2.75) is 39.2 Å². The Hall–Kier alpha value is -1.39. The topological polar surface area (TPSA) is 33.1 Å². The van der Waals surface area contributed by atoms with Crippen LogP contribution >= 0.6 is 0 Å². The maximum Gasteiger partial charge on any atom is 0.109 e. The number of nitrogens with zero attached hydrogens (tertiary/aromatic N) is 3. The quantitative estimate of drug-likeness (QED) is 0.832. The molecule has 0 radical (unpaired) electrons. The third-order valence-electron chi connectivity index (χ3n) is 5.30. The van der Waals surface area contributed by atoms with E-state index in [1.165, 1.54) is 37.4 Å².